The highest BCUT2D eigenvalue weighted by atomic mass is 32.2. The fourth-order valence-corrected chi connectivity index (χ4v) is 4.96. The van der Waals surface area contributed by atoms with Gasteiger partial charge in [-0.3, -0.25) is 9.97 Å². The van der Waals surface area contributed by atoms with Gasteiger partial charge in [-0.2, -0.15) is 25.5 Å². The van der Waals surface area contributed by atoms with Crippen LogP contribution in [0.15, 0.2) is 59.9 Å². The van der Waals surface area contributed by atoms with Gasteiger partial charge in [-0.15, -0.1) is 0 Å². The molecule has 3 heterocycles. The van der Waals surface area contributed by atoms with Crippen LogP contribution in [0.5, 0.6) is 0 Å². The molecule has 0 radical (unpaired) electrons. The van der Waals surface area contributed by atoms with Crippen LogP contribution in [0.25, 0.3) is 33.4 Å². The minimum Gasteiger partial charge on any atom is -0.256 e. The summed E-state index contributed by atoms with van der Waals surface area (Å²) in [5, 5.41) is 28.6. The predicted octanol–water partition coefficient (Wildman–Crippen LogP) is 3.50. The smallest absolute Gasteiger partial charge is 0.177 e. The lowest BCUT2D eigenvalue weighted by Crippen LogP contribution is -2.47. The summed E-state index contributed by atoms with van der Waals surface area (Å²) in [6.45, 7) is 0. The lowest BCUT2D eigenvalue weighted by atomic mass is 9.68. The summed E-state index contributed by atoms with van der Waals surface area (Å²) in [7, 11) is -3.35. The van der Waals surface area contributed by atoms with Gasteiger partial charge in [0.25, 0.3) is 0 Å². The number of benzene rings is 1. The minimum absolute atomic E-state index is 0.0999. The van der Waals surface area contributed by atoms with Gasteiger partial charge in [0.2, 0.25) is 0 Å². The average Bonchev–Trinajstić information content (AvgIpc) is 3.30. The Hall–Kier alpha value is -4.15. The van der Waals surface area contributed by atoms with Gasteiger partial charge in [-0.05, 0) is 43.2 Å². The number of aromatic nitrogens is 5. The molecule has 3 aromatic heterocycles. The first-order valence-electron chi connectivity index (χ1n) is 10.6. The highest BCUT2D eigenvalue weighted by Gasteiger charge is 2.48. The van der Waals surface area contributed by atoms with Crippen LogP contribution >= 0.6 is 0 Å². The van der Waals surface area contributed by atoms with Crippen LogP contribution < -0.4 is 0 Å². The van der Waals surface area contributed by atoms with Crippen molar-refractivity contribution in [3.05, 3.63) is 55.0 Å². The average molecular weight is 470 g/mol. The van der Waals surface area contributed by atoms with E-state index in [4.69, 9.17) is 5.10 Å². The molecular formula is C24H19N7O2S. The van der Waals surface area contributed by atoms with Gasteiger partial charge in [0.1, 0.15) is 5.69 Å². The third kappa shape index (κ3) is 3.68. The van der Waals surface area contributed by atoms with Crippen LogP contribution in [-0.4, -0.2) is 39.6 Å². The van der Waals surface area contributed by atoms with Gasteiger partial charge in [0, 0.05) is 35.2 Å². The summed E-state index contributed by atoms with van der Waals surface area (Å²) in [5.74, 6) is -0.0999. The third-order valence-electron chi connectivity index (χ3n) is 6.22. The first-order valence-corrected chi connectivity index (χ1v) is 12.5. The van der Waals surface area contributed by atoms with Gasteiger partial charge in [-0.1, -0.05) is 6.07 Å². The first kappa shape index (κ1) is 21.7. The molecule has 4 aromatic rings. The minimum atomic E-state index is -3.35. The number of hydrogen-bond donors (Lipinski definition) is 0. The lowest BCUT2D eigenvalue weighted by molar-refractivity contribution is 0.0713. The zero-order chi connectivity index (χ0) is 23.9. The topological polar surface area (TPSA) is 138 Å². The molecule has 10 heteroatoms. The second-order valence-corrected chi connectivity index (χ2v) is 10.6. The number of fused-ring (bicyclic) bond motifs is 1. The van der Waals surface area contributed by atoms with Gasteiger partial charge in [0.15, 0.2) is 9.84 Å². The largest absolute Gasteiger partial charge is 0.256 e. The second kappa shape index (κ2) is 8.01. The van der Waals surface area contributed by atoms with Crippen LogP contribution in [-0.2, 0) is 15.4 Å². The van der Waals surface area contributed by atoms with E-state index in [1.807, 2.05) is 24.3 Å². The van der Waals surface area contributed by atoms with E-state index >= 15 is 0 Å². The number of pyridine rings is 2. The maximum atomic E-state index is 11.8. The van der Waals surface area contributed by atoms with Gasteiger partial charge in [-0.25, -0.2) is 8.42 Å². The molecule has 0 unspecified atom stereocenters. The van der Waals surface area contributed by atoms with E-state index in [0.717, 1.165) is 28.3 Å². The van der Waals surface area contributed by atoms with Gasteiger partial charge >= 0.3 is 0 Å². The zero-order valence-corrected chi connectivity index (χ0v) is 19.1. The lowest BCUT2D eigenvalue weighted by Gasteiger charge is -2.42. The van der Waals surface area contributed by atoms with Gasteiger partial charge < -0.3 is 0 Å². The normalized spacial score (nSPS) is 19.8. The molecular weight excluding hydrogens is 450 g/mol. The fraction of sp³-hybridized carbons (Fsp3) is 0.250. The van der Waals surface area contributed by atoms with E-state index < -0.39 is 15.4 Å². The standard InChI is InChI=1S/C24H19N7O2S/c1-34(32,33)18-4-5-21(28-14-18)17-9-20(19-3-2-8-27-22(19)10-17)23-15-29-31(30-23)24(6-7-25)11-16(12-24)13-26/h2-5,8-10,14-16H,6,11-12H2,1H3/t16-,24-. The Labute approximate surface area is 196 Å². The fourth-order valence-electron chi connectivity index (χ4n) is 4.40. The molecule has 168 valence electrons. The van der Waals surface area contributed by atoms with Crippen molar-refractivity contribution in [2.75, 3.05) is 6.26 Å². The molecule has 0 atom stereocenters. The Balaban J connectivity index is 1.60. The number of nitriles is 2. The molecule has 0 bridgehead atoms. The number of rotatable bonds is 5. The van der Waals surface area contributed by atoms with Crippen molar-refractivity contribution in [1.29, 1.82) is 10.5 Å². The molecule has 5 rings (SSSR count). The van der Waals surface area contributed by atoms with Crippen molar-refractivity contribution >= 4 is 20.7 Å². The summed E-state index contributed by atoms with van der Waals surface area (Å²) in [6, 6.07) is 15.3. The quantitative estimate of drug-likeness (QED) is 0.433. The SMILES string of the molecule is CS(=O)(=O)c1ccc(-c2cc(-c3cnn([C@]4(CC#N)C[C@@H](C#N)C4)n3)c3cccnc3c2)nc1. The van der Waals surface area contributed by atoms with Crippen molar-refractivity contribution in [3.63, 3.8) is 0 Å². The summed E-state index contributed by atoms with van der Waals surface area (Å²) in [5.41, 5.74) is 2.94. The molecule has 0 N–H and O–H groups in total. The molecule has 1 aliphatic carbocycles. The molecule has 34 heavy (non-hydrogen) atoms. The summed E-state index contributed by atoms with van der Waals surface area (Å²) >= 11 is 0. The monoisotopic (exact) mass is 469 g/mol. The maximum absolute atomic E-state index is 11.8. The van der Waals surface area contributed by atoms with Crippen molar-refractivity contribution in [2.45, 2.75) is 29.7 Å². The van der Waals surface area contributed by atoms with Gasteiger partial charge in [0.05, 0.1) is 52.3 Å². The van der Waals surface area contributed by atoms with Crippen LogP contribution in [0.2, 0.25) is 0 Å². The van der Waals surface area contributed by atoms with Crippen LogP contribution in [0.3, 0.4) is 0 Å². The van der Waals surface area contributed by atoms with Crippen molar-refractivity contribution in [1.82, 2.24) is 25.0 Å². The molecule has 0 aliphatic heterocycles. The van der Waals surface area contributed by atoms with Crippen molar-refractivity contribution in [3.8, 4) is 34.7 Å². The van der Waals surface area contributed by atoms with E-state index in [1.54, 1.807) is 23.3 Å². The Morgan fingerprint density at radius 2 is 1.94 bits per heavy atom. The predicted molar refractivity (Wildman–Crippen MR) is 124 cm³/mol. The molecule has 0 amide bonds. The Morgan fingerprint density at radius 1 is 1.12 bits per heavy atom. The number of sulfone groups is 1. The van der Waals surface area contributed by atoms with Crippen LogP contribution in [0.1, 0.15) is 19.3 Å². The second-order valence-electron chi connectivity index (χ2n) is 8.56. The highest BCUT2D eigenvalue weighted by molar-refractivity contribution is 7.90. The molecule has 1 fully saturated rings. The Kier molecular flexibility index (Phi) is 5.11. The first-order chi connectivity index (χ1) is 16.3. The molecule has 1 aliphatic rings. The number of hydrogen-bond acceptors (Lipinski definition) is 8. The van der Waals surface area contributed by atoms with Crippen molar-refractivity contribution in [2.24, 2.45) is 5.92 Å². The molecule has 1 saturated carbocycles. The van der Waals surface area contributed by atoms with Crippen LogP contribution in [0, 0.1) is 28.6 Å². The molecule has 0 saturated heterocycles. The van der Waals surface area contributed by atoms with Crippen molar-refractivity contribution < 1.29 is 8.42 Å². The zero-order valence-electron chi connectivity index (χ0n) is 18.3. The molecule has 0 spiro atoms. The van der Waals surface area contributed by atoms with E-state index in [2.05, 4.69) is 27.2 Å². The molecule has 1 aromatic carbocycles. The van der Waals surface area contributed by atoms with E-state index in [0.29, 0.717) is 24.2 Å². The summed E-state index contributed by atoms with van der Waals surface area (Å²) in [6.07, 6.45) is 7.17. The van der Waals surface area contributed by atoms with E-state index in [9.17, 15) is 18.9 Å². The number of nitrogens with zero attached hydrogens (tertiary/aromatic N) is 7. The maximum Gasteiger partial charge on any atom is 0.177 e. The third-order valence-corrected chi connectivity index (χ3v) is 7.31. The summed E-state index contributed by atoms with van der Waals surface area (Å²) < 4.78 is 23.6. The summed E-state index contributed by atoms with van der Waals surface area (Å²) in [4.78, 5) is 10.6. The molecule has 9 nitrogen and oxygen atoms in total. The van der Waals surface area contributed by atoms with E-state index in [1.165, 1.54) is 12.3 Å². The Bertz CT molecular complexity index is 1590. The van der Waals surface area contributed by atoms with Crippen LogP contribution in [0.4, 0.5) is 0 Å². The van der Waals surface area contributed by atoms with E-state index in [-0.39, 0.29) is 17.2 Å². The Morgan fingerprint density at radius 3 is 2.62 bits per heavy atom. The highest BCUT2D eigenvalue weighted by Crippen LogP contribution is 2.45.